The van der Waals surface area contributed by atoms with Crippen molar-refractivity contribution in [2.75, 3.05) is 31.7 Å². The number of carbonyl (C=O) groups excluding carboxylic acids is 1. The first-order chi connectivity index (χ1) is 14.2. The number of thioether (sulfide) groups is 1. The molecule has 0 aromatic heterocycles. The monoisotopic (exact) mass is 431 g/mol. The highest BCUT2D eigenvalue weighted by Gasteiger charge is 2.36. The molecule has 7 heteroatoms. The van der Waals surface area contributed by atoms with Crippen molar-refractivity contribution < 1.29 is 9.53 Å². The molecular weight excluding hydrogens is 402 g/mol. The molecule has 5 nitrogen and oxygen atoms in total. The van der Waals surface area contributed by atoms with Gasteiger partial charge in [-0.1, -0.05) is 25.3 Å². The molecule has 3 fully saturated rings. The minimum absolute atomic E-state index is 0.00678. The summed E-state index contributed by atoms with van der Waals surface area (Å²) in [4.78, 5) is 17.3. The average Bonchev–Trinajstić information content (AvgIpc) is 3.02. The molecule has 0 unspecified atom stereocenters. The van der Waals surface area contributed by atoms with Crippen LogP contribution >= 0.6 is 24.0 Å². The fourth-order valence-electron chi connectivity index (χ4n) is 4.40. The van der Waals surface area contributed by atoms with E-state index in [1.165, 1.54) is 30.8 Å². The van der Waals surface area contributed by atoms with E-state index in [1.807, 2.05) is 30.0 Å². The molecule has 3 aliphatic rings. The van der Waals surface area contributed by atoms with Gasteiger partial charge in [-0.3, -0.25) is 14.6 Å². The normalized spacial score (nSPS) is 22.9. The summed E-state index contributed by atoms with van der Waals surface area (Å²) in [6.45, 7) is 3.07. The molecule has 1 aliphatic carbocycles. The van der Waals surface area contributed by atoms with Crippen LogP contribution in [-0.2, 0) is 11.3 Å². The molecule has 29 heavy (non-hydrogen) atoms. The molecule has 0 spiro atoms. The van der Waals surface area contributed by atoms with Crippen molar-refractivity contribution in [2.45, 2.75) is 44.7 Å². The van der Waals surface area contributed by atoms with E-state index in [-0.39, 0.29) is 11.9 Å². The number of nitrogens with zero attached hydrogens (tertiary/aromatic N) is 2. The van der Waals surface area contributed by atoms with Crippen LogP contribution in [0.2, 0.25) is 0 Å². The van der Waals surface area contributed by atoms with E-state index in [2.05, 4.69) is 16.3 Å². The Labute approximate surface area is 182 Å². The second kappa shape index (κ2) is 9.49. The number of benzene rings is 1. The number of methoxy groups -OCH3 is 1. The molecule has 1 N–H and O–H groups in total. The number of hydrogen-bond donors (Lipinski definition) is 1. The van der Waals surface area contributed by atoms with Crippen molar-refractivity contribution in [3.8, 4) is 5.75 Å². The molecule has 0 atom stereocenters. The van der Waals surface area contributed by atoms with Gasteiger partial charge in [0.05, 0.1) is 7.11 Å². The topological polar surface area (TPSA) is 44.8 Å². The van der Waals surface area contributed by atoms with Gasteiger partial charge in [-0.05, 0) is 48.8 Å². The van der Waals surface area contributed by atoms with Crippen LogP contribution in [0.25, 0.3) is 6.08 Å². The zero-order chi connectivity index (χ0) is 20.2. The van der Waals surface area contributed by atoms with Crippen molar-refractivity contribution in [3.63, 3.8) is 0 Å². The number of thiocarbonyl (C=S) groups is 1. The fraction of sp³-hybridized carbons (Fsp3) is 0.545. The molecule has 2 saturated heterocycles. The lowest BCUT2D eigenvalue weighted by Gasteiger charge is -2.29. The summed E-state index contributed by atoms with van der Waals surface area (Å²) in [5.74, 6) is 3.26. The molecule has 1 aromatic carbocycles. The van der Waals surface area contributed by atoms with Gasteiger partial charge < -0.3 is 10.1 Å². The summed E-state index contributed by atoms with van der Waals surface area (Å²) in [5, 5.41) is 3.70. The third-order valence-corrected chi connectivity index (χ3v) is 7.20. The molecule has 2 aliphatic heterocycles. The molecule has 0 bridgehead atoms. The van der Waals surface area contributed by atoms with Crippen LogP contribution < -0.4 is 10.1 Å². The van der Waals surface area contributed by atoms with Gasteiger partial charge in [0.15, 0.2) is 5.11 Å². The second-order valence-corrected chi connectivity index (χ2v) is 9.53. The number of amides is 1. The van der Waals surface area contributed by atoms with Crippen molar-refractivity contribution in [2.24, 2.45) is 0 Å². The van der Waals surface area contributed by atoms with Gasteiger partial charge in [0.25, 0.3) is 5.91 Å². The van der Waals surface area contributed by atoms with Crippen LogP contribution in [0.3, 0.4) is 0 Å². The Balaban J connectivity index is 1.53. The van der Waals surface area contributed by atoms with Gasteiger partial charge in [0.2, 0.25) is 0 Å². The average molecular weight is 432 g/mol. The Morgan fingerprint density at radius 3 is 2.72 bits per heavy atom. The second-order valence-electron chi connectivity index (χ2n) is 7.91. The van der Waals surface area contributed by atoms with Crippen molar-refractivity contribution in [3.05, 3.63) is 35.0 Å². The van der Waals surface area contributed by atoms with Crippen molar-refractivity contribution in [1.29, 1.82) is 0 Å². The Bertz CT molecular complexity index is 799. The van der Waals surface area contributed by atoms with E-state index >= 15 is 0 Å². The quantitative estimate of drug-likeness (QED) is 0.567. The first-order valence-corrected chi connectivity index (χ1v) is 12.1. The highest BCUT2D eigenvalue weighted by atomic mass is 32.2. The predicted octanol–water partition coefficient (Wildman–Crippen LogP) is 3.63. The smallest absolute Gasteiger partial charge is 0.276 e. The van der Waals surface area contributed by atoms with Gasteiger partial charge in [-0.25, -0.2) is 0 Å². The highest BCUT2D eigenvalue weighted by Crippen LogP contribution is 2.28. The summed E-state index contributed by atoms with van der Waals surface area (Å²) in [7, 11) is 1.71. The van der Waals surface area contributed by atoms with Crippen molar-refractivity contribution >= 4 is 41.1 Å². The molecule has 2 heterocycles. The molecule has 4 rings (SSSR count). The standard InChI is InChI=1S/C22H29N3O2S2/c1-27-20-8-7-16(13-17(20)15-24-9-11-29-12-10-24)14-19-21(26)25(22(28)23-19)18-5-3-2-4-6-18/h7-8,13-14,18H,2-6,9-12,15H2,1H3,(H,23,28)/b19-14+. The first kappa shape index (κ1) is 20.7. The van der Waals surface area contributed by atoms with Crippen LogP contribution in [0.1, 0.15) is 43.2 Å². The summed E-state index contributed by atoms with van der Waals surface area (Å²) >= 11 is 7.50. The SMILES string of the molecule is COc1ccc(/C=C2/NC(=S)N(C3CCCCC3)C2=O)cc1CN1CCSCC1. The minimum Gasteiger partial charge on any atom is -0.496 e. The molecule has 1 saturated carbocycles. The van der Waals surface area contributed by atoms with Crippen LogP contribution in [-0.4, -0.2) is 58.6 Å². The number of ether oxygens (including phenoxy) is 1. The molecule has 156 valence electrons. The lowest BCUT2D eigenvalue weighted by molar-refractivity contribution is -0.124. The van der Waals surface area contributed by atoms with Gasteiger partial charge in [0, 0.05) is 42.7 Å². The van der Waals surface area contributed by atoms with E-state index < -0.39 is 0 Å². The summed E-state index contributed by atoms with van der Waals surface area (Å²) in [5.41, 5.74) is 2.73. The Hall–Kier alpha value is -1.57. The van der Waals surface area contributed by atoms with E-state index in [0.29, 0.717) is 10.8 Å². The molecular formula is C22H29N3O2S2. The molecule has 1 aromatic rings. The summed E-state index contributed by atoms with van der Waals surface area (Å²) < 4.78 is 5.58. The highest BCUT2D eigenvalue weighted by molar-refractivity contribution is 7.99. The number of rotatable bonds is 5. The Kier molecular flexibility index (Phi) is 6.77. The van der Waals surface area contributed by atoms with Gasteiger partial charge in [0.1, 0.15) is 11.4 Å². The number of carbonyl (C=O) groups is 1. The lowest BCUT2D eigenvalue weighted by Crippen LogP contribution is -2.41. The molecule has 0 radical (unpaired) electrons. The predicted molar refractivity (Wildman–Crippen MR) is 123 cm³/mol. The van der Waals surface area contributed by atoms with Gasteiger partial charge >= 0.3 is 0 Å². The van der Waals surface area contributed by atoms with Gasteiger partial charge in [-0.15, -0.1) is 0 Å². The maximum atomic E-state index is 13.0. The number of hydrogen-bond acceptors (Lipinski definition) is 5. The Morgan fingerprint density at radius 2 is 2.00 bits per heavy atom. The number of nitrogens with one attached hydrogen (secondary N) is 1. The maximum absolute atomic E-state index is 13.0. The van der Waals surface area contributed by atoms with E-state index in [1.54, 1.807) is 12.0 Å². The zero-order valence-electron chi connectivity index (χ0n) is 17.0. The zero-order valence-corrected chi connectivity index (χ0v) is 18.6. The van der Waals surface area contributed by atoms with E-state index in [0.717, 1.165) is 49.4 Å². The first-order valence-electron chi connectivity index (χ1n) is 10.5. The van der Waals surface area contributed by atoms with E-state index in [4.69, 9.17) is 17.0 Å². The third-order valence-electron chi connectivity index (χ3n) is 5.96. The van der Waals surface area contributed by atoms with Crippen LogP contribution in [0.4, 0.5) is 0 Å². The van der Waals surface area contributed by atoms with Crippen molar-refractivity contribution in [1.82, 2.24) is 15.1 Å². The lowest BCUT2D eigenvalue weighted by atomic mass is 9.94. The van der Waals surface area contributed by atoms with E-state index in [9.17, 15) is 4.79 Å². The third kappa shape index (κ3) is 4.78. The fourth-order valence-corrected chi connectivity index (χ4v) is 5.72. The van der Waals surface area contributed by atoms with Gasteiger partial charge in [-0.2, -0.15) is 11.8 Å². The molecule has 1 amide bonds. The summed E-state index contributed by atoms with van der Waals surface area (Å²) in [6, 6.07) is 6.37. The Morgan fingerprint density at radius 1 is 1.24 bits per heavy atom. The van der Waals surface area contributed by atoms with Crippen LogP contribution in [0, 0.1) is 0 Å². The minimum atomic E-state index is 0.00678. The summed E-state index contributed by atoms with van der Waals surface area (Å²) in [6.07, 6.45) is 7.61. The maximum Gasteiger partial charge on any atom is 0.276 e. The van der Waals surface area contributed by atoms with Crippen LogP contribution in [0.15, 0.2) is 23.9 Å². The van der Waals surface area contributed by atoms with Crippen LogP contribution in [0.5, 0.6) is 5.75 Å². The largest absolute Gasteiger partial charge is 0.496 e.